The normalized spacial score (nSPS) is 43.9. The number of ether oxygens (including phenoxy) is 5. The summed E-state index contributed by atoms with van der Waals surface area (Å²) in [5.41, 5.74) is 4.54. The van der Waals surface area contributed by atoms with E-state index in [1.807, 2.05) is 13.8 Å². The van der Waals surface area contributed by atoms with Gasteiger partial charge in [-0.15, -0.1) is 0 Å². The first-order valence-electron chi connectivity index (χ1n) is 30.8. The first kappa shape index (κ1) is 53.0. The SMILES string of the molecule is CC(=O)[C@H]1CC[C@H]2[C@@H]3CC=C4C[C@@H](C(CCCCCOCCCCCC(OC5CCCCO5)[C@H]5CC[C@@]6(C)C(=CC[C@H]7[C@@H]8CC[C@H](C(C)=O)[C@@]8(C)CC[C@@H]76)C5)OC5CCCCO5)CC[C@]4(C)[C@H]3CC[C@]12C. The van der Waals surface area contributed by atoms with Crippen molar-refractivity contribution in [1.82, 2.24) is 0 Å². The molecule has 0 amide bonds. The Bertz CT molecular complexity index is 1750. The van der Waals surface area contributed by atoms with E-state index >= 15 is 0 Å². The summed E-state index contributed by atoms with van der Waals surface area (Å²) in [6.07, 6.45) is 41.8. The monoisotopic (exact) mass is 983 g/mol. The highest BCUT2D eigenvalue weighted by Gasteiger charge is 2.61. The Balaban J connectivity index is 0.662. The van der Waals surface area contributed by atoms with Gasteiger partial charge in [-0.25, -0.2) is 0 Å². The first-order valence-corrected chi connectivity index (χ1v) is 30.8. The van der Waals surface area contributed by atoms with Crippen molar-refractivity contribution in [3.63, 3.8) is 0 Å². The second-order valence-corrected chi connectivity index (χ2v) is 27.3. The Labute approximate surface area is 432 Å². The van der Waals surface area contributed by atoms with Crippen LogP contribution in [0.5, 0.6) is 0 Å². The van der Waals surface area contributed by atoms with Crippen molar-refractivity contribution in [3.05, 3.63) is 23.3 Å². The molecule has 2 saturated heterocycles. The summed E-state index contributed by atoms with van der Waals surface area (Å²) in [6, 6.07) is 0. The van der Waals surface area contributed by atoms with Crippen LogP contribution in [0.15, 0.2) is 23.3 Å². The van der Waals surface area contributed by atoms with Crippen molar-refractivity contribution in [3.8, 4) is 0 Å². The van der Waals surface area contributed by atoms with Gasteiger partial charge in [0.15, 0.2) is 12.6 Å². The zero-order valence-corrected chi connectivity index (χ0v) is 46.1. The molecule has 8 aliphatic carbocycles. The van der Waals surface area contributed by atoms with Crippen LogP contribution in [-0.4, -0.2) is 62.8 Å². The smallest absolute Gasteiger partial charge is 0.157 e. The van der Waals surface area contributed by atoms with Gasteiger partial charge in [0.05, 0.1) is 12.2 Å². The van der Waals surface area contributed by atoms with Crippen LogP contribution in [0.3, 0.4) is 0 Å². The minimum atomic E-state index is -0.0319. The number of rotatable bonds is 20. The number of carbonyl (C=O) groups excluding carboxylic acids is 2. The third-order valence-corrected chi connectivity index (χ3v) is 23.8. The van der Waals surface area contributed by atoms with Crippen LogP contribution in [0.25, 0.3) is 0 Å². The van der Waals surface area contributed by atoms with Crippen LogP contribution in [-0.2, 0) is 33.3 Å². The molecule has 0 radical (unpaired) electrons. The fourth-order valence-electron chi connectivity index (χ4n) is 19.8. The summed E-state index contributed by atoms with van der Waals surface area (Å²) >= 11 is 0. The summed E-state index contributed by atoms with van der Waals surface area (Å²) in [6.45, 7) is 17.3. The zero-order valence-electron chi connectivity index (χ0n) is 46.1. The molecule has 7 heteroatoms. The molecule has 7 nitrogen and oxygen atoms in total. The standard InChI is InChI=1S/C64H102O7/c1-43(65)51-25-27-53-49-23-21-47-41-45(29-33-61(47,3)55(49)31-35-63(51,53)5)57(70-59-19-11-15-39-68-59)17-9-7-13-37-67-38-14-8-10-18-58(71-60-20-12-16-40-69-60)46-30-34-62(4)48(42-46)22-24-50-54-28-26-52(44(2)66)64(54,6)36-32-56(50)62/h21-22,45-46,49-60H,7-20,23-42H2,1-6H3/t45-,46-,49-,50-,51+,52+,53-,54-,55-,56-,57?,58?,59?,60?,61-,62-,63+,64+/m0/s1. The Kier molecular flexibility index (Phi) is 16.9. The van der Waals surface area contributed by atoms with E-state index in [2.05, 4.69) is 39.8 Å². The Hall–Kier alpha value is -1.38. The highest BCUT2D eigenvalue weighted by atomic mass is 16.7. The molecular weight excluding hydrogens is 881 g/mol. The van der Waals surface area contributed by atoms with Gasteiger partial charge in [-0.3, -0.25) is 9.59 Å². The van der Waals surface area contributed by atoms with E-state index in [1.165, 1.54) is 128 Å². The molecule has 0 spiro atoms. The number of fused-ring (bicyclic) bond motifs is 10. The topological polar surface area (TPSA) is 80.3 Å². The van der Waals surface area contributed by atoms with Crippen LogP contribution in [0, 0.1) is 80.8 Å². The molecule has 10 rings (SSSR count). The summed E-state index contributed by atoms with van der Waals surface area (Å²) in [5, 5.41) is 0. The van der Waals surface area contributed by atoms with Gasteiger partial charge in [0.25, 0.3) is 0 Å². The summed E-state index contributed by atoms with van der Waals surface area (Å²) in [4.78, 5) is 25.5. The van der Waals surface area contributed by atoms with E-state index in [0.29, 0.717) is 46.1 Å². The Morgan fingerprint density at radius 1 is 0.535 bits per heavy atom. The van der Waals surface area contributed by atoms with Gasteiger partial charge in [-0.2, -0.15) is 0 Å². The molecule has 18 atom stereocenters. The van der Waals surface area contributed by atoms with Crippen LogP contribution >= 0.6 is 0 Å². The average molecular weight is 984 g/mol. The largest absolute Gasteiger partial charge is 0.381 e. The molecule has 4 unspecified atom stereocenters. The zero-order chi connectivity index (χ0) is 49.4. The van der Waals surface area contributed by atoms with Gasteiger partial charge < -0.3 is 23.7 Å². The minimum Gasteiger partial charge on any atom is -0.381 e. The lowest BCUT2D eigenvalue weighted by Gasteiger charge is -2.58. The number of ketones is 2. The number of carbonyl (C=O) groups is 2. The van der Waals surface area contributed by atoms with Crippen molar-refractivity contribution >= 4 is 11.6 Å². The maximum absolute atomic E-state index is 12.7. The third kappa shape index (κ3) is 10.7. The minimum absolute atomic E-state index is 0.0319. The van der Waals surface area contributed by atoms with E-state index in [1.54, 1.807) is 11.1 Å². The second-order valence-electron chi connectivity index (χ2n) is 27.3. The van der Waals surface area contributed by atoms with E-state index in [4.69, 9.17) is 23.7 Å². The fourth-order valence-corrected chi connectivity index (χ4v) is 19.8. The molecule has 0 aromatic heterocycles. The fraction of sp³-hybridized carbons (Fsp3) is 0.906. The molecule has 10 aliphatic rings. The highest BCUT2D eigenvalue weighted by Crippen LogP contribution is 2.68. The number of hydrogen-bond acceptors (Lipinski definition) is 7. The predicted molar refractivity (Wildman–Crippen MR) is 283 cm³/mol. The van der Waals surface area contributed by atoms with Crippen LogP contribution in [0.2, 0.25) is 0 Å². The van der Waals surface area contributed by atoms with E-state index in [9.17, 15) is 9.59 Å². The Morgan fingerprint density at radius 3 is 1.39 bits per heavy atom. The summed E-state index contributed by atoms with van der Waals surface area (Å²) < 4.78 is 32.6. The Morgan fingerprint density at radius 2 is 0.986 bits per heavy atom. The highest BCUT2D eigenvalue weighted by molar-refractivity contribution is 5.80. The van der Waals surface area contributed by atoms with Gasteiger partial charge in [0.1, 0.15) is 11.6 Å². The van der Waals surface area contributed by atoms with Crippen LogP contribution in [0.1, 0.15) is 234 Å². The number of allylic oxidation sites excluding steroid dienone is 4. The van der Waals surface area contributed by atoms with Gasteiger partial charge in [-0.1, -0.05) is 76.7 Å². The molecule has 0 aromatic rings. The lowest BCUT2D eigenvalue weighted by molar-refractivity contribution is -0.203. The second kappa shape index (κ2) is 22.7. The van der Waals surface area contributed by atoms with Crippen molar-refractivity contribution in [2.45, 2.75) is 259 Å². The molecule has 6 saturated carbocycles. The number of unbranched alkanes of at least 4 members (excludes halogenated alkanes) is 4. The molecule has 0 N–H and O–H groups in total. The predicted octanol–water partition coefficient (Wildman–Crippen LogP) is 15.5. The molecule has 0 aromatic carbocycles. The van der Waals surface area contributed by atoms with E-state index in [0.717, 1.165) is 114 Å². The van der Waals surface area contributed by atoms with Crippen molar-refractivity contribution in [2.24, 2.45) is 80.8 Å². The molecule has 400 valence electrons. The van der Waals surface area contributed by atoms with Crippen molar-refractivity contribution in [1.29, 1.82) is 0 Å². The van der Waals surface area contributed by atoms with Gasteiger partial charge in [0, 0.05) is 38.3 Å². The van der Waals surface area contributed by atoms with Gasteiger partial charge in [0.2, 0.25) is 0 Å². The average Bonchev–Trinajstić information content (AvgIpc) is 3.92. The summed E-state index contributed by atoms with van der Waals surface area (Å²) in [5.74, 6) is 7.07. The van der Waals surface area contributed by atoms with Gasteiger partial charge in [-0.05, 0) is 250 Å². The summed E-state index contributed by atoms with van der Waals surface area (Å²) in [7, 11) is 0. The molecule has 2 heterocycles. The van der Waals surface area contributed by atoms with E-state index in [-0.39, 0.29) is 47.5 Å². The lowest BCUT2D eigenvalue weighted by Crippen LogP contribution is -2.51. The third-order valence-electron chi connectivity index (χ3n) is 23.8. The molecule has 8 fully saturated rings. The van der Waals surface area contributed by atoms with E-state index < -0.39 is 0 Å². The van der Waals surface area contributed by atoms with Crippen molar-refractivity contribution in [2.75, 3.05) is 26.4 Å². The van der Waals surface area contributed by atoms with Gasteiger partial charge >= 0.3 is 0 Å². The molecule has 71 heavy (non-hydrogen) atoms. The molecule has 0 bridgehead atoms. The maximum atomic E-state index is 12.7. The first-order chi connectivity index (χ1) is 34.3. The van der Waals surface area contributed by atoms with Crippen LogP contribution in [0.4, 0.5) is 0 Å². The number of Topliss-reactive ketones (excluding diaryl/α,β-unsaturated/α-hetero) is 2. The quantitative estimate of drug-likeness (QED) is 0.0888. The van der Waals surface area contributed by atoms with Crippen molar-refractivity contribution < 1.29 is 33.3 Å². The molecular formula is C64H102O7. The van der Waals surface area contributed by atoms with Crippen LogP contribution < -0.4 is 0 Å². The maximum Gasteiger partial charge on any atom is 0.157 e. The molecule has 2 aliphatic heterocycles. The number of hydrogen-bond donors (Lipinski definition) is 0. The lowest BCUT2D eigenvalue weighted by atomic mass is 9.46.